The van der Waals surface area contributed by atoms with E-state index < -0.39 is 5.92 Å². The van der Waals surface area contributed by atoms with Crippen LogP contribution in [0.3, 0.4) is 0 Å². The second-order valence-electron chi connectivity index (χ2n) is 7.50. The van der Waals surface area contributed by atoms with Crippen LogP contribution in [0, 0.1) is 5.92 Å². The number of hydrogen-bond donors (Lipinski definition) is 1. The van der Waals surface area contributed by atoms with E-state index >= 15 is 0 Å². The molecule has 2 saturated heterocycles. The summed E-state index contributed by atoms with van der Waals surface area (Å²) < 4.78 is 16.0. The molecule has 1 N–H and O–H groups in total. The lowest BCUT2D eigenvalue weighted by Crippen LogP contribution is -2.46. The summed E-state index contributed by atoms with van der Waals surface area (Å²) in [5.74, 6) is 0.0810. The predicted octanol–water partition coefficient (Wildman–Crippen LogP) is 1.96. The zero-order valence-corrected chi connectivity index (χ0v) is 15.2. The van der Waals surface area contributed by atoms with Crippen molar-refractivity contribution in [3.63, 3.8) is 0 Å². The summed E-state index contributed by atoms with van der Waals surface area (Å²) in [5.41, 5.74) is -0.0450. The van der Waals surface area contributed by atoms with Gasteiger partial charge in [0.2, 0.25) is 0 Å². The Labute approximate surface area is 148 Å². The Morgan fingerprint density at radius 1 is 1.52 bits per heavy atom. The quantitative estimate of drug-likeness (QED) is 0.751. The molecule has 0 aliphatic carbocycles. The molecule has 0 spiro atoms. The van der Waals surface area contributed by atoms with Crippen LogP contribution in [0.5, 0.6) is 5.88 Å². The highest BCUT2D eigenvalue weighted by Gasteiger charge is 2.48. The summed E-state index contributed by atoms with van der Waals surface area (Å²) in [6.07, 6.45) is 4.21. The van der Waals surface area contributed by atoms with Crippen LogP contribution in [0.25, 0.3) is 0 Å². The van der Waals surface area contributed by atoms with Crippen LogP contribution in [-0.2, 0) is 9.53 Å². The lowest BCUT2D eigenvalue weighted by molar-refractivity contribution is -0.144. The number of carbonyl (C=O) groups excluding carboxylic acids is 1. The second kappa shape index (κ2) is 7.33. The monoisotopic (exact) mass is 352 g/mol. The number of esters is 1. The predicted molar refractivity (Wildman–Crippen MR) is 90.4 cm³/mol. The van der Waals surface area contributed by atoms with E-state index in [1.165, 1.54) is 7.11 Å². The fourth-order valence-corrected chi connectivity index (χ4v) is 4.32. The third kappa shape index (κ3) is 3.40. The number of methoxy groups -OCH3 is 1. The number of nitrogens with zero attached hydrogens (tertiary/aromatic N) is 2. The van der Waals surface area contributed by atoms with E-state index in [1.54, 1.807) is 6.07 Å². The summed E-state index contributed by atoms with van der Waals surface area (Å²) in [5, 5.41) is 13.7. The summed E-state index contributed by atoms with van der Waals surface area (Å²) in [7, 11) is 1.37. The normalized spacial score (nSPS) is 27.5. The van der Waals surface area contributed by atoms with E-state index in [2.05, 4.69) is 10.1 Å². The van der Waals surface area contributed by atoms with Crippen molar-refractivity contribution >= 4 is 5.97 Å². The Morgan fingerprint density at radius 2 is 2.32 bits per heavy atom. The van der Waals surface area contributed by atoms with Crippen molar-refractivity contribution in [1.82, 2.24) is 10.1 Å². The summed E-state index contributed by atoms with van der Waals surface area (Å²) in [6, 6.07) is 1.97. The molecule has 2 aliphatic rings. The molecule has 25 heavy (non-hydrogen) atoms. The van der Waals surface area contributed by atoms with Crippen molar-refractivity contribution in [3.8, 4) is 5.88 Å². The van der Waals surface area contributed by atoms with Crippen LogP contribution in [0.4, 0.5) is 0 Å². The van der Waals surface area contributed by atoms with Gasteiger partial charge in [-0.05, 0) is 43.3 Å². The largest absolute Gasteiger partial charge is 0.474 e. The van der Waals surface area contributed by atoms with Crippen LogP contribution in [0.15, 0.2) is 10.6 Å². The van der Waals surface area contributed by atoms with Gasteiger partial charge in [0.25, 0.3) is 5.88 Å². The molecule has 0 radical (unpaired) electrons. The maximum absolute atomic E-state index is 11.9. The molecule has 2 fully saturated rings. The third-order valence-corrected chi connectivity index (χ3v) is 5.69. The average Bonchev–Trinajstić information content (AvgIpc) is 3.28. The van der Waals surface area contributed by atoms with Gasteiger partial charge >= 0.3 is 5.97 Å². The van der Waals surface area contributed by atoms with Crippen LogP contribution < -0.4 is 4.74 Å². The van der Waals surface area contributed by atoms with Gasteiger partial charge < -0.3 is 19.1 Å². The molecule has 2 aliphatic heterocycles. The molecule has 7 heteroatoms. The van der Waals surface area contributed by atoms with E-state index in [-0.39, 0.29) is 30.1 Å². The zero-order chi connectivity index (χ0) is 18.0. The van der Waals surface area contributed by atoms with Gasteiger partial charge in [0.15, 0.2) is 5.76 Å². The maximum Gasteiger partial charge on any atom is 0.316 e. The first kappa shape index (κ1) is 18.2. The molecule has 3 rings (SSSR count). The Bertz CT molecular complexity index is 602. The van der Waals surface area contributed by atoms with Gasteiger partial charge in [-0.3, -0.25) is 9.69 Å². The number of hydrogen-bond acceptors (Lipinski definition) is 7. The van der Waals surface area contributed by atoms with Gasteiger partial charge in [0.1, 0.15) is 12.5 Å². The van der Waals surface area contributed by atoms with Gasteiger partial charge in [0.05, 0.1) is 13.7 Å². The average molecular weight is 352 g/mol. The zero-order valence-electron chi connectivity index (χ0n) is 15.2. The first-order chi connectivity index (χ1) is 12.0. The molecule has 3 atom stereocenters. The third-order valence-electron chi connectivity index (χ3n) is 5.69. The Kier molecular flexibility index (Phi) is 5.34. The molecule has 1 aromatic heterocycles. The molecule has 0 aromatic carbocycles. The van der Waals surface area contributed by atoms with Crippen LogP contribution >= 0.6 is 0 Å². The minimum absolute atomic E-state index is 0.0397. The van der Waals surface area contributed by atoms with Crippen molar-refractivity contribution < 1.29 is 23.9 Å². The number of aliphatic hydroxyl groups is 1. The number of carbonyl (C=O) groups is 1. The minimum atomic E-state index is -0.484. The Hall–Kier alpha value is -1.60. The first-order valence-electron chi connectivity index (χ1n) is 9.05. The topological polar surface area (TPSA) is 85.0 Å². The number of fused-ring (bicyclic) bond motifs is 1. The summed E-state index contributed by atoms with van der Waals surface area (Å²) in [4.78, 5) is 14.3. The van der Waals surface area contributed by atoms with Gasteiger partial charge in [-0.2, -0.15) is 0 Å². The molecule has 0 saturated carbocycles. The Morgan fingerprint density at radius 3 is 3.00 bits per heavy atom. The molecule has 0 bridgehead atoms. The highest BCUT2D eigenvalue weighted by Crippen LogP contribution is 2.42. The molecule has 1 unspecified atom stereocenters. The van der Waals surface area contributed by atoms with Crippen LogP contribution in [-0.4, -0.2) is 59.6 Å². The minimum Gasteiger partial charge on any atom is -0.474 e. The van der Waals surface area contributed by atoms with Crippen molar-refractivity contribution in [3.05, 3.63) is 11.8 Å². The fraction of sp³-hybridized carbons (Fsp3) is 0.778. The van der Waals surface area contributed by atoms with E-state index in [9.17, 15) is 9.90 Å². The first-order valence-corrected chi connectivity index (χ1v) is 9.05. The molecular formula is C18H28N2O5. The maximum atomic E-state index is 11.9. The molecule has 1 aromatic rings. The van der Waals surface area contributed by atoms with Crippen LogP contribution in [0.2, 0.25) is 0 Å². The molecule has 140 valence electrons. The number of ether oxygens (including phenoxy) is 2. The highest BCUT2D eigenvalue weighted by molar-refractivity contribution is 5.77. The molecule has 3 heterocycles. The molecular weight excluding hydrogens is 324 g/mol. The highest BCUT2D eigenvalue weighted by atomic mass is 16.5. The standard InChI is InChI=1S/C18H28N2O5/c1-12(2)16(17(22)23-3)14-9-15(19-25-14)24-10-13-5-7-18(11-21)6-4-8-20(13)18/h9,12-13,16,21H,4-8,10-11H2,1-3H3/t13-,16?,18-/m1/s1. The number of aliphatic hydroxyl groups excluding tert-OH is 1. The van der Waals surface area contributed by atoms with Crippen molar-refractivity contribution in [2.45, 2.75) is 57.0 Å². The van der Waals surface area contributed by atoms with Gasteiger partial charge in [-0.15, -0.1) is 0 Å². The smallest absolute Gasteiger partial charge is 0.316 e. The number of aromatic nitrogens is 1. The molecule has 7 nitrogen and oxygen atoms in total. The SMILES string of the molecule is COC(=O)C(c1cc(OC[C@H]2CC[C@@]3(CO)CCCN23)no1)C(C)C. The Balaban J connectivity index is 1.62. The van der Waals surface area contributed by atoms with Gasteiger partial charge in [0, 0.05) is 17.6 Å². The lowest BCUT2D eigenvalue weighted by atomic mass is 9.93. The van der Waals surface area contributed by atoms with E-state index in [4.69, 9.17) is 14.0 Å². The van der Waals surface area contributed by atoms with Gasteiger partial charge in [-0.1, -0.05) is 13.8 Å². The number of rotatable bonds is 7. The van der Waals surface area contributed by atoms with Crippen molar-refractivity contribution in [1.29, 1.82) is 0 Å². The van der Waals surface area contributed by atoms with E-state index in [0.29, 0.717) is 18.2 Å². The summed E-state index contributed by atoms with van der Waals surface area (Å²) in [6.45, 7) is 5.61. The van der Waals surface area contributed by atoms with Crippen LogP contribution in [0.1, 0.15) is 51.2 Å². The van der Waals surface area contributed by atoms with Crippen molar-refractivity contribution in [2.24, 2.45) is 5.92 Å². The molecule has 0 amide bonds. The lowest BCUT2D eigenvalue weighted by Gasteiger charge is -2.33. The fourth-order valence-electron chi connectivity index (χ4n) is 4.32. The van der Waals surface area contributed by atoms with E-state index in [1.807, 2.05) is 13.8 Å². The summed E-state index contributed by atoms with van der Waals surface area (Å²) >= 11 is 0. The van der Waals surface area contributed by atoms with Gasteiger partial charge in [-0.25, -0.2) is 0 Å². The van der Waals surface area contributed by atoms with E-state index in [0.717, 1.165) is 32.2 Å². The second-order valence-corrected chi connectivity index (χ2v) is 7.50. The van der Waals surface area contributed by atoms with Crippen molar-refractivity contribution in [2.75, 3.05) is 26.9 Å².